The van der Waals surface area contributed by atoms with Gasteiger partial charge in [0.15, 0.2) is 5.60 Å². The summed E-state index contributed by atoms with van der Waals surface area (Å²) in [5.74, 6) is 1.13. The second-order valence-corrected chi connectivity index (χ2v) is 10.1. The first-order valence-electron chi connectivity index (χ1n) is 12.3. The van der Waals surface area contributed by atoms with Crippen molar-refractivity contribution >= 4 is 5.97 Å². The minimum atomic E-state index is -1.53. The summed E-state index contributed by atoms with van der Waals surface area (Å²) in [6.07, 6.45) is 5.06. The molecule has 1 saturated heterocycles. The van der Waals surface area contributed by atoms with E-state index in [2.05, 4.69) is 42.2 Å². The van der Waals surface area contributed by atoms with E-state index in [0.29, 0.717) is 36.0 Å². The maximum absolute atomic E-state index is 13.3. The molecule has 0 spiro atoms. The zero-order valence-corrected chi connectivity index (χ0v) is 19.0. The summed E-state index contributed by atoms with van der Waals surface area (Å²) in [6.45, 7) is 4.84. The molecule has 5 rings (SSSR count). The summed E-state index contributed by atoms with van der Waals surface area (Å²) in [4.78, 5) is 15.8. The van der Waals surface area contributed by atoms with E-state index < -0.39 is 11.6 Å². The van der Waals surface area contributed by atoms with Crippen LogP contribution >= 0.6 is 0 Å². The standard InChI is InChI=1S/C28H35NO3/c1-20(21-11-5-2-6-12-21)29-17-24-25(18-29)26(24)19-32-27(30)28(31,22-13-7-3-8-14-22)23-15-9-4-10-16-23/h2-3,5-8,11-14,20,23-26,31H,4,9-10,15-19H2,1H3/t20?,24-,25+,26?,28?. The highest BCUT2D eigenvalue weighted by atomic mass is 16.6. The number of rotatable bonds is 7. The molecule has 4 heteroatoms. The van der Waals surface area contributed by atoms with Crippen molar-refractivity contribution in [1.82, 2.24) is 4.90 Å². The first-order chi connectivity index (χ1) is 15.6. The molecule has 0 aromatic heterocycles. The molecule has 3 fully saturated rings. The third-order valence-electron chi connectivity index (χ3n) is 8.36. The molecule has 32 heavy (non-hydrogen) atoms. The zero-order valence-electron chi connectivity index (χ0n) is 19.0. The number of hydrogen-bond acceptors (Lipinski definition) is 4. The quantitative estimate of drug-likeness (QED) is 0.629. The van der Waals surface area contributed by atoms with Crippen LogP contribution in [-0.4, -0.2) is 35.7 Å². The SMILES string of the molecule is CC(c1ccccc1)N1C[C@@H]2C(COC(=O)C(O)(c3ccccc3)C3CCCCC3)[C@@H]2C1. The third kappa shape index (κ3) is 3.99. The molecule has 2 aromatic rings. The number of fused-ring (bicyclic) bond motifs is 1. The van der Waals surface area contributed by atoms with Gasteiger partial charge >= 0.3 is 5.97 Å². The van der Waals surface area contributed by atoms with Crippen molar-refractivity contribution in [3.63, 3.8) is 0 Å². The summed E-state index contributed by atoms with van der Waals surface area (Å²) in [5.41, 5.74) is 0.507. The van der Waals surface area contributed by atoms with Crippen LogP contribution in [0.2, 0.25) is 0 Å². The Kier molecular flexibility index (Phi) is 6.09. The lowest BCUT2D eigenvalue weighted by Crippen LogP contribution is -2.45. The molecule has 3 aliphatic rings. The first kappa shape index (κ1) is 21.7. The summed E-state index contributed by atoms with van der Waals surface area (Å²) >= 11 is 0. The number of hydrogen-bond donors (Lipinski definition) is 1. The Labute approximate surface area is 191 Å². The molecule has 1 heterocycles. The van der Waals surface area contributed by atoms with Gasteiger partial charge in [-0.15, -0.1) is 0 Å². The molecule has 4 nitrogen and oxygen atoms in total. The van der Waals surface area contributed by atoms with E-state index >= 15 is 0 Å². The van der Waals surface area contributed by atoms with Gasteiger partial charge in [0, 0.05) is 31.0 Å². The molecule has 3 unspecified atom stereocenters. The number of carbonyl (C=O) groups excluding carboxylic acids is 1. The average Bonchev–Trinajstić information content (AvgIpc) is 3.31. The van der Waals surface area contributed by atoms with E-state index in [0.717, 1.165) is 38.8 Å². The second kappa shape index (κ2) is 8.99. The van der Waals surface area contributed by atoms with E-state index in [1.54, 1.807) is 0 Å². The molecule has 0 amide bonds. The zero-order chi connectivity index (χ0) is 22.1. The fraction of sp³-hybridized carbons (Fsp3) is 0.536. The van der Waals surface area contributed by atoms with Crippen LogP contribution in [0.5, 0.6) is 0 Å². The van der Waals surface area contributed by atoms with Crippen molar-refractivity contribution in [1.29, 1.82) is 0 Å². The van der Waals surface area contributed by atoms with Crippen LogP contribution in [0.4, 0.5) is 0 Å². The van der Waals surface area contributed by atoms with Gasteiger partial charge in [0.05, 0.1) is 6.61 Å². The second-order valence-electron chi connectivity index (χ2n) is 10.1. The van der Waals surface area contributed by atoms with Crippen LogP contribution in [0, 0.1) is 23.7 Å². The average molecular weight is 434 g/mol. The molecule has 2 aromatic carbocycles. The number of carbonyl (C=O) groups is 1. The van der Waals surface area contributed by atoms with Crippen LogP contribution in [0.15, 0.2) is 60.7 Å². The van der Waals surface area contributed by atoms with Crippen molar-refractivity contribution in [2.24, 2.45) is 23.7 Å². The van der Waals surface area contributed by atoms with Crippen LogP contribution < -0.4 is 0 Å². The third-order valence-corrected chi connectivity index (χ3v) is 8.36. The number of benzene rings is 2. The highest BCUT2D eigenvalue weighted by molar-refractivity contribution is 5.81. The highest BCUT2D eigenvalue weighted by Crippen LogP contribution is 2.53. The number of piperidine rings is 1. The van der Waals surface area contributed by atoms with Gasteiger partial charge in [0.25, 0.3) is 0 Å². The Hall–Kier alpha value is -2.17. The molecule has 0 bridgehead atoms. The predicted molar refractivity (Wildman–Crippen MR) is 125 cm³/mol. The Bertz CT molecular complexity index is 899. The van der Waals surface area contributed by atoms with Crippen molar-refractivity contribution in [2.45, 2.75) is 50.7 Å². The summed E-state index contributed by atoms with van der Waals surface area (Å²) in [6, 6.07) is 20.5. The normalized spacial score (nSPS) is 28.5. The van der Waals surface area contributed by atoms with Gasteiger partial charge in [0.2, 0.25) is 0 Å². The highest BCUT2D eigenvalue weighted by Gasteiger charge is 2.57. The van der Waals surface area contributed by atoms with Gasteiger partial charge in [-0.1, -0.05) is 79.9 Å². The van der Waals surface area contributed by atoms with E-state index in [1.807, 2.05) is 30.3 Å². The maximum atomic E-state index is 13.3. The summed E-state index contributed by atoms with van der Waals surface area (Å²) in [7, 11) is 0. The number of esters is 1. The Morgan fingerprint density at radius 3 is 2.22 bits per heavy atom. The largest absolute Gasteiger partial charge is 0.463 e. The topological polar surface area (TPSA) is 49.8 Å². The molecular formula is C28H35NO3. The molecular weight excluding hydrogens is 398 g/mol. The lowest BCUT2D eigenvalue weighted by Gasteiger charge is -2.36. The predicted octanol–water partition coefficient (Wildman–Crippen LogP) is 4.94. The van der Waals surface area contributed by atoms with Crippen LogP contribution in [-0.2, 0) is 15.1 Å². The van der Waals surface area contributed by atoms with E-state index in [9.17, 15) is 9.90 Å². The van der Waals surface area contributed by atoms with Crippen LogP contribution in [0.25, 0.3) is 0 Å². The fourth-order valence-corrected chi connectivity index (χ4v) is 6.20. The summed E-state index contributed by atoms with van der Waals surface area (Å²) in [5, 5.41) is 11.7. The molecule has 170 valence electrons. The molecule has 0 radical (unpaired) electrons. The number of likely N-dealkylation sites (tertiary alicyclic amines) is 1. The van der Waals surface area contributed by atoms with Crippen molar-refractivity contribution in [3.05, 3.63) is 71.8 Å². The lowest BCUT2D eigenvalue weighted by molar-refractivity contribution is -0.176. The van der Waals surface area contributed by atoms with Gasteiger partial charge in [-0.05, 0) is 42.7 Å². The monoisotopic (exact) mass is 433 g/mol. The molecule has 2 aliphatic carbocycles. The van der Waals surface area contributed by atoms with Gasteiger partial charge in [0.1, 0.15) is 0 Å². The molecule has 1 aliphatic heterocycles. The van der Waals surface area contributed by atoms with E-state index in [-0.39, 0.29) is 5.92 Å². The van der Waals surface area contributed by atoms with Gasteiger partial charge in [-0.2, -0.15) is 0 Å². The first-order valence-corrected chi connectivity index (χ1v) is 12.3. The Morgan fingerprint density at radius 1 is 1.00 bits per heavy atom. The van der Waals surface area contributed by atoms with E-state index in [1.165, 1.54) is 12.0 Å². The van der Waals surface area contributed by atoms with Gasteiger partial charge < -0.3 is 9.84 Å². The maximum Gasteiger partial charge on any atom is 0.343 e. The Morgan fingerprint density at radius 2 is 1.59 bits per heavy atom. The fourth-order valence-electron chi connectivity index (χ4n) is 6.20. The van der Waals surface area contributed by atoms with Crippen molar-refractivity contribution in [3.8, 4) is 0 Å². The minimum absolute atomic E-state index is 0.0629. The Balaban J connectivity index is 1.19. The summed E-state index contributed by atoms with van der Waals surface area (Å²) < 4.78 is 5.85. The number of nitrogens with zero attached hydrogens (tertiary/aromatic N) is 1. The lowest BCUT2D eigenvalue weighted by atomic mass is 9.73. The van der Waals surface area contributed by atoms with Crippen molar-refractivity contribution < 1.29 is 14.6 Å². The number of ether oxygens (including phenoxy) is 1. The molecule has 5 atom stereocenters. The molecule has 2 saturated carbocycles. The van der Waals surface area contributed by atoms with Crippen molar-refractivity contribution in [2.75, 3.05) is 19.7 Å². The molecule has 1 N–H and O–H groups in total. The van der Waals surface area contributed by atoms with Crippen LogP contribution in [0.3, 0.4) is 0 Å². The van der Waals surface area contributed by atoms with Gasteiger partial charge in [-0.25, -0.2) is 4.79 Å². The van der Waals surface area contributed by atoms with E-state index in [4.69, 9.17) is 4.74 Å². The minimum Gasteiger partial charge on any atom is -0.463 e. The van der Waals surface area contributed by atoms with Gasteiger partial charge in [-0.3, -0.25) is 4.90 Å². The van der Waals surface area contributed by atoms with Crippen LogP contribution in [0.1, 0.15) is 56.2 Å². The smallest absolute Gasteiger partial charge is 0.343 e. The number of aliphatic hydroxyl groups is 1.